The number of benzene rings is 1. The van der Waals surface area contributed by atoms with E-state index in [1.165, 1.54) is 5.56 Å². The van der Waals surface area contributed by atoms with Gasteiger partial charge >= 0.3 is 5.97 Å². The highest BCUT2D eigenvalue weighted by molar-refractivity contribution is 6.55. The van der Waals surface area contributed by atoms with E-state index in [2.05, 4.69) is 13.1 Å². The van der Waals surface area contributed by atoms with E-state index >= 15 is 0 Å². The maximum absolute atomic E-state index is 10.5. The van der Waals surface area contributed by atoms with Crippen molar-refractivity contribution in [3.63, 3.8) is 0 Å². The van der Waals surface area contributed by atoms with Crippen LogP contribution in [0.1, 0.15) is 15.9 Å². The lowest BCUT2D eigenvalue weighted by Crippen LogP contribution is -2.05. The van der Waals surface area contributed by atoms with E-state index in [-0.39, 0.29) is 8.80 Å². The van der Waals surface area contributed by atoms with Crippen LogP contribution in [-0.4, -0.2) is 19.9 Å². The maximum Gasteiger partial charge on any atom is 0.335 e. The molecule has 0 amide bonds. The highest BCUT2D eigenvalue weighted by atomic mass is 28.3. The van der Waals surface area contributed by atoms with Crippen molar-refractivity contribution in [1.82, 2.24) is 0 Å². The molecule has 0 atom stereocenters. The van der Waals surface area contributed by atoms with Crippen LogP contribution < -0.4 is 0 Å². The van der Waals surface area contributed by atoms with Gasteiger partial charge in [0.25, 0.3) is 0 Å². The Hall–Kier alpha value is -1.09. The van der Waals surface area contributed by atoms with Crippen LogP contribution in [0.15, 0.2) is 24.3 Å². The Morgan fingerprint density at radius 3 is 2.23 bits per heavy atom. The summed E-state index contributed by atoms with van der Waals surface area (Å²) in [4.78, 5) is 10.5. The maximum atomic E-state index is 10.5. The molecule has 0 fully saturated rings. The van der Waals surface area contributed by atoms with Gasteiger partial charge in [-0.15, -0.1) is 0 Å². The Balaban J connectivity index is 2.75. The predicted octanol–water partition coefficient (Wildman–Crippen LogP) is 2.22. The molecule has 1 N–H and O–H groups in total. The largest absolute Gasteiger partial charge is 0.478 e. The molecule has 1 rings (SSSR count). The topological polar surface area (TPSA) is 37.3 Å². The van der Waals surface area contributed by atoms with E-state index in [1.54, 1.807) is 12.1 Å². The van der Waals surface area contributed by atoms with Crippen molar-refractivity contribution >= 4 is 14.8 Å². The lowest BCUT2D eigenvalue weighted by Gasteiger charge is -2.03. The minimum Gasteiger partial charge on any atom is -0.478 e. The zero-order valence-corrected chi connectivity index (χ0v) is 8.87. The van der Waals surface area contributed by atoms with Crippen LogP contribution in [-0.2, 0) is 6.04 Å². The molecular formula is C10H13O2Si. The molecule has 69 valence electrons. The van der Waals surface area contributed by atoms with Crippen LogP contribution in [0.2, 0.25) is 13.1 Å². The average Bonchev–Trinajstić information content (AvgIpc) is 2.04. The standard InChI is InChI=1S/C10H13O2Si/c1-13(2)7-8-3-5-9(6-4-8)10(11)12/h3-6H,7H2,1-2H3,(H,11,12). The van der Waals surface area contributed by atoms with E-state index in [9.17, 15) is 4.79 Å². The molecule has 3 heteroatoms. The number of aromatic carboxylic acids is 1. The summed E-state index contributed by atoms with van der Waals surface area (Å²) >= 11 is 0. The molecule has 0 aromatic heterocycles. The van der Waals surface area contributed by atoms with Crippen LogP contribution in [0.3, 0.4) is 0 Å². The molecule has 0 aliphatic rings. The van der Waals surface area contributed by atoms with Crippen LogP contribution in [0, 0.1) is 0 Å². The van der Waals surface area contributed by atoms with Gasteiger partial charge in [-0.1, -0.05) is 30.8 Å². The summed E-state index contributed by atoms with van der Waals surface area (Å²) in [6.07, 6.45) is 0. The summed E-state index contributed by atoms with van der Waals surface area (Å²) in [6.45, 7) is 4.49. The first-order chi connectivity index (χ1) is 6.09. The zero-order chi connectivity index (χ0) is 9.84. The molecule has 0 aliphatic heterocycles. The van der Waals surface area contributed by atoms with Crippen molar-refractivity contribution in [3.05, 3.63) is 35.4 Å². The van der Waals surface area contributed by atoms with Gasteiger partial charge in [0.15, 0.2) is 0 Å². The number of carboxylic acids is 1. The van der Waals surface area contributed by atoms with Crippen LogP contribution in [0.25, 0.3) is 0 Å². The van der Waals surface area contributed by atoms with Gasteiger partial charge < -0.3 is 5.11 Å². The van der Waals surface area contributed by atoms with Crippen molar-refractivity contribution in [2.45, 2.75) is 19.1 Å². The fraction of sp³-hybridized carbons (Fsp3) is 0.300. The Kier molecular flexibility index (Phi) is 3.25. The Morgan fingerprint density at radius 1 is 1.31 bits per heavy atom. The minimum atomic E-state index is -0.856. The SMILES string of the molecule is C[Si](C)Cc1ccc(C(=O)O)cc1. The highest BCUT2D eigenvalue weighted by Crippen LogP contribution is 2.06. The first-order valence-corrected chi connectivity index (χ1v) is 6.91. The lowest BCUT2D eigenvalue weighted by atomic mass is 10.1. The lowest BCUT2D eigenvalue weighted by molar-refractivity contribution is 0.0697. The summed E-state index contributed by atoms with van der Waals surface area (Å²) in [7, 11) is -0.267. The molecule has 0 aliphatic carbocycles. The molecule has 1 aromatic rings. The van der Waals surface area contributed by atoms with Gasteiger partial charge in [0, 0.05) is 8.80 Å². The molecule has 0 heterocycles. The molecule has 2 nitrogen and oxygen atoms in total. The van der Waals surface area contributed by atoms with Gasteiger partial charge in [0.05, 0.1) is 5.56 Å². The van der Waals surface area contributed by atoms with Crippen molar-refractivity contribution < 1.29 is 9.90 Å². The number of hydrogen-bond donors (Lipinski definition) is 1. The third-order valence-corrected chi connectivity index (χ3v) is 2.87. The molecule has 0 unspecified atom stereocenters. The van der Waals surface area contributed by atoms with Crippen LogP contribution in [0.5, 0.6) is 0 Å². The second kappa shape index (κ2) is 4.23. The molecule has 0 bridgehead atoms. The van der Waals surface area contributed by atoms with E-state index in [4.69, 9.17) is 5.11 Å². The Labute approximate surface area is 79.8 Å². The zero-order valence-electron chi connectivity index (χ0n) is 7.87. The summed E-state index contributed by atoms with van der Waals surface area (Å²) in [5.41, 5.74) is 1.61. The average molecular weight is 193 g/mol. The highest BCUT2D eigenvalue weighted by Gasteiger charge is 2.02. The van der Waals surface area contributed by atoms with Crippen LogP contribution >= 0.6 is 0 Å². The first kappa shape index (κ1) is 9.99. The molecule has 0 saturated heterocycles. The Bertz CT molecular complexity index is 290. The van der Waals surface area contributed by atoms with Crippen molar-refractivity contribution in [2.24, 2.45) is 0 Å². The van der Waals surface area contributed by atoms with Crippen molar-refractivity contribution in [1.29, 1.82) is 0 Å². The van der Waals surface area contributed by atoms with Gasteiger partial charge in [-0.2, -0.15) is 0 Å². The fourth-order valence-corrected chi connectivity index (χ4v) is 2.23. The number of carbonyl (C=O) groups is 1. The molecule has 1 aromatic carbocycles. The van der Waals surface area contributed by atoms with Crippen LogP contribution in [0.4, 0.5) is 0 Å². The monoisotopic (exact) mass is 193 g/mol. The predicted molar refractivity (Wildman–Crippen MR) is 54.6 cm³/mol. The Morgan fingerprint density at radius 2 is 1.85 bits per heavy atom. The summed E-state index contributed by atoms with van der Waals surface area (Å²) in [5.74, 6) is -0.856. The second-order valence-corrected chi connectivity index (χ2v) is 6.15. The quantitative estimate of drug-likeness (QED) is 0.747. The van der Waals surface area contributed by atoms with Crippen molar-refractivity contribution in [3.8, 4) is 0 Å². The summed E-state index contributed by atoms with van der Waals surface area (Å²) < 4.78 is 0. The van der Waals surface area contributed by atoms with Gasteiger partial charge in [0.1, 0.15) is 0 Å². The smallest absolute Gasteiger partial charge is 0.335 e. The molecule has 0 saturated carbocycles. The molecular weight excluding hydrogens is 180 g/mol. The van der Waals surface area contributed by atoms with Gasteiger partial charge in [-0.3, -0.25) is 0 Å². The third-order valence-electron chi connectivity index (χ3n) is 1.76. The van der Waals surface area contributed by atoms with Gasteiger partial charge in [0.2, 0.25) is 0 Å². The second-order valence-electron chi connectivity index (χ2n) is 3.39. The van der Waals surface area contributed by atoms with Crippen molar-refractivity contribution in [2.75, 3.05) is 0 Å². The number of hydrogen-bond acceptors (Lipinski definition) is 1. The normalized spacial score (nSPS) is 10.4. The summed E-state index contributed by atoms with van der Waals surface area (Å²) in [5, 5.41) is 8.66. The third kappa shape index (κ3) is 3.03. The van der Waals surface area contributed by atoms with E-state index < -0.39 is 5.97 Å². The molecule has 13 heavy (non-hydrogen) atoms. The fourth-order valence-electron chi connectivity index (χ4n) is 1.17. The van der Waals surface area contributed by atoms with E-state index in [1.807, 2.05) is 12.1 Å². The summed E-state index contributed by atoms with van der Waals surface area (Å²) in [6, 6.07) is 8.25. The van der Waals surface area contributed by atoms with Gasteiger partial charge in [-0.05, 0) is 18.2 Å². The molecule has 1 radical (unpaired) electrons. The van der Waals surface area contributed by atoms with E-state index in [0.717, 1.165) is 6.04 Å². The molecule has 0 spiro atoms. The number of rotatable bonds is 3. The first-order valence-electron chi connectivity index (χ1n) is 4.21. The van der Waals surface area contributed by atoms with Gasteiger partial charge in [-0.25, -0.2) is 4.79 Å². The number of carboxylic acid groups (broad SMARTS) is 1. The van der Waals surface area contributed by atoms with E-state index in [0.29, 0.717) is 5.56 Å². The minimum absolute atomic E-state index is 0.267.